The van der Waals surface area contributed by atoms with Crippen LogP contribution in [0.4, 0.5) is 0 Å². The second kappa shape index (κ2) is 6.33. The molecule has 0 bridgehead atoms. The van der Waals surface area contributed by atoms with Crippen LogP contribution in [0.15, 0.2) is 45.7 Å². The van der Waals surface area contributed by atoms with Crippen molar-refractivity contribution in [2.75, 3.05) is 7.11 Å². The van der Waals surface area contributed by atoms with Gasteiger partial charge in [-0.25, -0.2) is 17.9 Å². The lowest BCUT2D eigenvalue weighted by molar-refractivity contribution is 0.0600. The van der Waals surface area contributed by atoms with Crippen molar-refractivity contribution in [3.8, 4) is 0 Å². The number of esters is 1. The van der Waals surface area contributed by atoms with E-state index >= 15 is 0 Å². The first-order chi connectivity index (χ1) is 10.3. The maximum atomic E-state index is 12.4. The molecule has 0 spiro atoms. The maximum absolute atomic E-state index is 12.4. The van der Waals surface area contributed by atoms with Crippen LogP contribution in [-0.2, 0) is 14.8 Å². The third-order valence-electron chi connectivity index (χ3n) is 3.09. The number of carbonyl (C=O) groups excluding carboxylic acids is 1. The molecule has 0 radical (unpaired) electrons. The number of rotatable bonds is 5. The van der Waals surface area contributed by atoms with E-state index in [0.29, 0.717) is 11.5 Å². The topological polar surface area (TPSA) is 85.6 Å². The molecule has 118 valence electrons. The number of furan rings is 1. The molecule has 6 nitrogen and oxygen atoms in total. The predicted molar refractivity (Wildman–Crippen MR) is 80.0 cm³/mol. The van der Waals surface area contributed by atoms with Crippen molar-refractivity contribution in [3.05, 3.63) is 53.5 Å². The molecule has 1 N–H and O–H groups in total. The molecule has 7 heteroatoms. The summed E-state index contributed by atoms with van der Waals surface area (Å²) >= 11 is 0. The number of hydrogen-bond donors (Lipinski definition) is 1. The van der Waals surface area contributed by atoms with E-state index in [1.165, 1.54) is 31.4 Å². The highest BCUT2D eigenvalue weighted by Crippen LogP contribution is 2.19. The Morgan fingerprint density at radius 1 is 1.27 bits per heavy atom. The zero-order valence-electron chi connectivity index (χ0n) is 12.5. The quantitative estimate of drug-likeness (QED) is 0.854. The second-order valence-electron chi connectivity index (χ2n) is 4.81. The van der Waals surface area contributed by atoms with E-state index in [4.69, 9.17) is 4.42 Å². The summed E-state index contributed by atoms with van der Waals surface area (Å²) in [6.07, 6.45) is 0. The molecule has 1 aromatic carbocycles. The van der Waals surface area contributed by atoms with Gasteiger partial charge in [0.1, 0.15) is 11.5 Å². The fraction of sp³-hybridized carbons (Fsp3) is 0.267. The van der Waals surface area contributed by atoms with Gasteiger partial charge < -0.3 is 9.15 Å². The van der Waals surface area contributed by atoms with Gasteiger partial charge in [0.2, 0.25) is 10.0 Å². The summed E-state index contributed by atoms with van der Waals surface area (Å²) < 4.78 is 37.3. The van der Waals surface area contributed by atoms with Crippen molar-refractivity contribution in [2.45, 2.75) is 24.8 Å². The molecule has 0 saturated heterocycles. The predicted octanol–water partition coefficient (Wildman–Crippen LogP) is 2.41. The molecular formula is C15H17NO5S. The zero-order chi connectivity index (χ0) is 16.3. The lowest BCUT2D eigenvalue weighted by atomic mass is 10.2. The van der Waals surface area contributed by atoms with Crippen molar-refractivity contribution in [2.24, 2.45) is 0 Å². The summed E-state index contributed by atoms with van der Waals surface area (Å²) in [7, 11) is -2.54. The first-order valence-corrected chi connectivity index (χ1v) is 8.09. The van der Waals surface area contributed by atoms with E-state index in [1.54, 1.807) is 26.0 Å². The first kappa shape index (κ1) is 16.3. The minimum atomic E-state index is -3.78. The molecule has 1 atom stereocenters. The third kappa shape index (κ3) is 3.55. The van der Waals surface area contributed by atoms with Gasteiger partial charge in [-0.2, -0.15) is 0 Å². The van der Waals surface area contributed by atoms with Gasteiger partial charge in [-0.15, -0.1) is 0 Å². The van der Waals surface area contributed by atoms with E-state index in [2.05, 4.69) is 9.46 Å². The highest BCUT2D eigenvalue weighted by atomic mass is 32.2. The van der Waals surface area contributed by atoms with Gasteiger partial charge in [0, 0.05) is 0 Å². The Bertz CT molecular complexity index is 779. The summed E-state index contributed by atoms with van der Waals surface area (Å²) in [4.78, 5) is 11.5. The number of hydrogen-bond acceptors (Lipinski definition) is 5. The van der Waals surface area contributed by atoms with E-state index in [-0.39, 0.29) is 10.5 Å². The van der Waals surface area contributed by atoms with E-state index in [0.717, 1.165) is 0 Å². The maximum Gasteiger partial charge on any atom is 0.337 e. The molecule has 0 unspecified atom stereocenters. The highest BCUT2D eigenvalue weighted by molar-refractivity contribution is 7.89. The average Bonchev–Trinajstić information content (AvgIpc) is 2.93. The molecule has 0 aliphatic carbocycles. The minimum absolute atomic E-state index is 0.00877. The molecule has 2 aromatic rings. The number of nitrogens with one attached hydrogen (secondary N) is 1. The summed E-state index contributed by atoms with van der Waals surface area (Å²) in [5, 5.41) is 0. The number of carbonyl (C=O) groups is 1. The molecule has 0 aliphatic heterocycles. The Morgan fingerprint density at radius 3 is 2.59 bits per heavy atom. The number of aryl methyl sites for hydroxylation is 1. The van der Waals surface area contributed by atoms with Crippen LogP contribution < -0.4 is 4.72 Å². The summed E-state index contributed by atoms with van der Waals surface area (Å²) in [5.41, 5.74) is 0.173. The number of ether oxygens (including phenoxy) is 1. The smallest absolute Gasteiger partial charge is 0.337 e. The number of methoxy groups -OCH3 is 1. The molecule has 0 amide bonds. The van der Waals surface area contributed by atoms with E-state index in [9.17, 15) is 13.2 Å². The lowest BCUT2D eigenvalue weighted by Gasteiger charge is -2.12. The summed E-state index contributed by atoms with van der Waals surface area (Å²) in [6, 6.07) is 8.61. The van der Waals surface area contributed by atoms with Crippen molar-refractivity contribution in [1.82, 2.24) is 4.72 Å². The van der Waals surface area contributed by atoms with Crippen molar-refractivity contribution < 1.29 is 22.4 Å². The molecule has 0 aliphatic rings. The van der Waals surface area contributed by atoms with E-state index < -0.39 is 22.0 Å². The van der Waals surface area contributed by atoms with E-state index in [1.807, 2.05) is 0 Å². The lowest BCUT2D eigenvalue weighted by Crippen LogP contribution is -2.26. The molecule has 1 aromatic heterocycles. The third-order valence-corrected chi connectivity index (χ3v) is 4.62. The van der Waals surface area contributed by atoms with Crippen molar-refractivity contribution in [3.63, 3.8) is 0 Å². The monoisotopic (exact) mass is 323 g/mol. The van der Waals surface area contributed by atoms with Gasteiger partial charge in [0.25, 0.3) is 0 Å². The Labute approximate surface area is 129 Å². The van der Waals surface area contributed by atoms with Crippen LogP contribution in [0.25, 0.3) is 0 Å². The summed E-state index contributed by atoms with van der Waals surface area (Å²) in [5.74, 6) is 0.630. The average molecular weight is 323 g/mol. The largest absolute Gasteiger partial charge is 0.465 e. The molecular weight excluding hydrogens is 306 g/mol. The van der Waals surface area contributed by atoms with Crippen LogP contribution in [-0.4, -0.2) is 21.5 Å². The fourth-order valence-electron chi connectivity index (χ4n) is 1.95. The van der Waals surface area contributed by atoms with Gasteiger partial charge in [-0.1, -0.05) is 6.07 Å². The van der Waals surface area contributed by atoms with Crippen molar-refractivity contribution in [1.29, 1.82) is 0 Å². The second-order valence-corrected chi connectivity index (χ2v) is 6.52. The van der Waals surface area contributed by atoms with Crippen LogP contribution in [0.3, 0.4) is 0 Å². The molecule has 22 heavy (non-hydrogen) atoms. The van der Waals surface area contributed by atoms with Gasteiger partial charge >= 0.3 is 5.97 Å². The number of benzene rings is 1. The minimum Gasteiger partial charge on any atom is -0.465 e. The Hall–Kier alpha value is -2.12. The van der Waals surface area contributed by atoms with Crippen molar-refractivity contribution >= 4 is 16.0 Å². The highest BCUT2D eigenvalue weighted by Gasteiger charge is 2.21. The van der Waals surface area contributed by atoms with Crippen LogP contribution >= 0.6 is 0 Å². The molecule has 0 fully saturated rings. The van der Waals surface area contributed by atoms with Crippen LogP contribution in [0.1, 0.15) is 34.8 Å². The Balaban J connectivity index is 2.25. The normalized spacial score (nSPS) is 12.9. The Kier molecular flexibility index (Phi) is 4.68. The fourth-order valence-corrected chi connectivity index (χ4v) is 3.21. The molecule has 0 saturated carbocycles. The zero-order valence-corrected chi connectivity index (χ0v) is 13.3. The van der Waals surface area contributed by atoms with Gasteiger partial charge in [0.05, 0.1) is 23.6 Å². The molecule has 1 heterocycles. The SMILES string of the molecule is COC(=O)c1cccc(S(=O)(=O)N[C@H](C)c2ccc(C)o2)c1. The number of sulfonamides is 1. The van der Waals surface area contributed by atoms with Gasteiger partial charge in [-0.3, -0.25) is 0 Å². The molecule has 2 rings (SSSR count). The van der Waals surface area contributed by atoms with Crippen LogP contribution in [0, 0.1) is 6.92 Å². The Morgan fingerprint density at radius 2 is 2.00 bits per heavy atom. The van der Waals surface area contributed by atoms with Gasteiger partial charge in [0.15, 0.2) is 0 Å². The van der Waals surface area contributed by atoms with Crippen LogP contribution in [0.5, 0.6) is 0 Å². The standard InChI is InChI=1S/C15H17NO5S/c1-10-7-8-14(21-10)11(2)16-22(18,19)13-6-4-5-12(9-13)15(17)20-3/h4-9,11,16H,1-3H3/t11-/m1/s1. The van der Waals surface area contributed by atoms with Crippen LogP contribution in [0.2, 0.25) is 0 Å². The van der Waals surface area contributed by atoms with Gasteiger partial charge in [-0.05, 0) is 44.2 Å². The summed E-state index contributed by atoms with van der Waals surface area (Å²) in [6.45, 7) is 3.46. The first-order valence-electron chi connectivity index (χ1n) is 6.60.